The van der Waals surface area contributed by atoms with Crippen LogP contribution in [0, 0.1) is 10.1 Å². The molecule has 2 heterocycles. The van der Waals surface area contributed by atoms with E-state index in [1.165, 1.54) is 10.6 Å². The summed E-state index contributed by atoms with van der Waals surface area (Å²) in [7, 11) is 3.94. The maximum atomic E-state index is 12.4. The average molecular weight is 319 g/mol. The molecule has 2 aromatic heterocycles. The van der Waals surface area contributed by atoms with Crippen LogP contribution in [0.2, 0.25) is 0 Å². The molecule has 0 aromatic carbocycles. The number of hydrogen-bond acceptors (Lipinski definition) is 6. The zero-order chi connectivity index (χ0) is 17.0. The third kappa shape index (κ3) is 3.65. The Bertz CT molecular complexity index is 756. The van der Waals surface area contributed by atoms with Crippen LogP contribution in [-0.2, 0) is 0 Å². The van der Waals surface area contributed by atoms with Crippen molar-refractivity contribution in [3.05, 3.63) is 44.9 Å². The van der Waals surface area contributed by atoms with Crippen LogP contribution in [0.4, 0.5) is 11.5 Å². The van der Waals surface area contributed by atoms with Crippen LogP contribution in [-0.4, -0.2) is 52.9 Å². The topological polar surface area (TPSA) is 84.0 Å². The van der Waals surface area contributed by atoms with E-state index in [0.717, 1.165) is 13.0 Å². The number of fused-ring (bicyclic) bond motifs is 1. The van der Waals surface area contributed by atoms with Gasteiger partial charge in [-0.1, -0.05) is 6.07 Å². The lowest BCUT2D eigenvalue weighted by molar-refractivity contribution is -0.385. The normalized spacial score (nSPS) is 11.1. The summed E-state index contributed by atoms with van der Waals surface area (Å²) in [6, 6.07) is 5.07. The van der Waals surface area contributed by atoms with Gasteiger partial charge in [0.25, 0.3) is 0 Å². The Labute approximate surface area is 134 Å². The summed E-state index contributed by atoms with van der Waals surface area (Å²) in [6.45, 7) is 3.90. The van der Waals surface area contributed by atoms with E-state index in [1.54, 1.807) is 23.1 Å². The van der Waals surface area contributed by atoms with Gasteiger partial charge < -0.3 is 9.80 Å². The Hall–Kier alpha value is -2.48. The molecular weight excluding hydrogens is 298 g/mol. The van der Waals surface area contributed by atoms with Gasteiger partial charge in [-0.3, -0.25) is 19.3 Å². The van der Waals surface area contributed by atoms with Gasteiger partial charge in [0.15, 0.2) is 0 Å². The van der Waals surface area contributed by atoms with Gasteiger partial charge in [-0.2, -0.15) is 0 Å². The minimum atomic E-state index is -0.651. The first-order valence-corrected chi connectivity index (χ1v) is 7.51. The van der Waals surface area contributed by atoms with Crippen molar-refractivity contribution < 1.29 is 4.92 Å². The second-order valence-electron chi connectivity index (χ2n) is 5.51. The monoisotopic (exact) mass is 319 g/mol. The Kier molecular flexibility index (Phi) is 5.28. The average Bonchev–Trinajstić information content (AvgIpc) is 2.51. The van der Waals surface area contributed by atoms with Crippen molar-refractivity contribution in [1.29, 1.82) is 0 Å². The molecule has 2 rings (SSSR count). The summed E-state index contributed by atoms with van der Waals surface area (Å²) >= 11 is 0. The lowest BCUT2D eigenvalue weighted by Gasteiger charge is -2.22. The molecule has 23 heavy (non-hydrogen) atoms. The summed E-state index contributed by atoms with van der Waals surface area (Å²) in [5.74, 6) is 0.146. The van der Waals surface area contributed by atoms with Gasteiger partial charge in [0.1, 0.15) is 5.65 Å². The number of rotatable bonds is 7. The molecule has 0 bridgehead atoms. The fourth-order valence-electron chi connectivity index (χ4n) is 2.44. The van der Waals surface area contributed by atoms with Gasteiger partial charge in [0.05, 0.1) is 4.92 Å². The van der Waals surface area contributed by atoms with E-state index >= 15 is 0 Å². The predicted molar refractivity (Wildman–Crippen MR) is 89.2 cm³/mol. The molecule has 124 valence electrons. The molecule has 0 aliphatic carbocycles. The van der Waals surface area contributed by atoms with E-state index in [4.69, 9.17) is 0 Å². The van der Waals surface area contributed by atoms with Crippen molar-refractivity contribution in [3.63, 3.8) is 0 Å². The number of aromatic nitrogens is 2. The summed E-state index contributed by atoms with van der Waals surface area (Å²) in [4.78, 5) is 31.4. The highest BCUT2D eigenvalue weighted by molar-refractivity contribution is 5.61. The van der Waals surface area contributed by atoms with E-state index in [0.29, 0.717) is 18.7 Å². The maximum absolute atomic E-state index is 12.4. The van der Waals surface area contributed by atoms with E-state index in [9.17, 15) is 14.9 Å². The molecule has 0 spiro atoms. The Balaban J connectivity index is 2.50. The molecule has 2 aromatic rings. The van der Waals surface area contributed by atoms with E-state index in [-0.39, 0.29) is 5.82 Å². The summed E-state index contributed by atoms with van der Waals surface area (Å²) < 4.78 is 1.20. The first kappa shape index (κ1) is 16.9. The molecule has 0 fully saturated rings. The van der Waals surface area contributed by atoms with Gasteiger partial charge in [0.2, 0.25) is 5.82 Å². The minimum absolute atomic E-state index is 0.146. The van der Waals surface area contributed by atoms with Crippen molar-refractivity contribution in [2.75, 3.05) is 38.6 Å². The third-order valence-electron chi connectivity index (χ3n) is 3.59. The van der Waals surface area contributed by atoms with Crippen molar-refractivity contribution in [2.45, 2.75) is 13.3 Å². The first-order chi connectivity index (χ1) is 11.0. The van der Waals surface area contributed by atoms with Crippen LogP contribution in [0.5, 0.6) is 0 Å². The van der Waals surface area contributed by atoms with Crippen molar-refractivity contribution in [2.24, 2.45) is 0 Å². The Morgan fingerprint density at radius 2 is 2.04 bits per heavy atom. The fraction of sp³-hybridized carbons (Fsp3) is 0.467. The standard InChI is InChI=1S/C15H21N5O3/c1-4-18(10-7-9-17(2)3)14-13(20(22)23)15(21)19-11-6-5-8-12(19)16-14/h5-6,8,11H,4,7,9-10H2,1-3H3. The van der Waals surface area contributed by atoms with Crippen LogP contribution >= 0.6 is 0 Å². The number of anilines is 1. The zero-order valence-electron chi connectivity index (χ0n) is 13.6. The third-order valence-corrected chi connectivity index (χ3v) is 3.59. The van der Waals surface area contributed by atoms with Crippen LogP contribution in [0.15, 0.2) is 29.2 Å². The minimum Gasteiger partial charge on any atom is -0.351 e. The van der Waals surface area contributed by atoms with Gasteiger partial charge >= 0.3 is 11.2 Å². The molecule has 0 saturated carbocycles. The smallest absolute Gasteiger partial charge is 0.351 e. The quantitative estimate of drug-likeness (QED) is 0.566. The molecular formula is C15H21N5O3. The molecule has 0 atom stereocenters. The van der Waals surface area contributed by atoms with Crippen molar-refractivity contribution >= 4 is 17.2 Å². The highest BCUT2D eigenvalue weighted by Crippen LogP contribution is 2.22. The highest BCUT2D eigenvalue weighted by Gasteiger charge is 2.26. The fourth-order valence-corrected chi connectivity index (χ4v) is 2.44. The second-order valence-corrected chi connectivity index (χ2v) is 5.51. The predicted octanol–water partition coefficient (Wildman–Crippen LogP) is 1.38. The van der Waals surface area contributed by atoms with E-state index in [1.807, 2.05) is 25.9 Å². The molecule has 0 aliphatic heterocycles. The summed E-state index contributed by atoms with van der Waals surface area (Å²) in [5.41, 5.74) is -0.716. The highest BCUT2D eigenvalue weighted by atomic mass is 16.6. The van der Waals surface area contributed by atoms with Gasteiger partial charge in [-0.05, 0) is 46.1 Å². The molecule has 0 N–H and O–H groups in total. The van der Waals surface area contributed by atoms with Crippen LogP contribution < -0.4 is 10.5 Å². The van der Waals surface area contributed by atoms with Crippen molar-refractivity contribution in [1.82, 2.24) is 14.3 Å². The Morgan fingerprint density at radius 1 is 1.30 bits per heavy atom. The molecule has 0 amide bonds. The first-order valence-electron chi connectivity index (χ1n) is 7.51. The number of nitro groups is 1. The van der Waals surface area contributed by atoms with Gasteiger partial charge in [0, 0.05) is 19.3 Å². The summed E-state index contributed by atoms with van der Waals surface area (Å²) in [5, 5.41) is 11.4. The molecule has 0 saturated heterocycles. The lowest BCUT2D eigenvalue weighted by atomic mass is 10.3. The van der Waals surface area contributed by atoms with Gasteiger partial charge in [-0.25, -0.2) is 4.98 Å². The van der Waals surface area contributed by atoms with Gasteiger partial charge in [-0.15, -0.1) is 0 Å². The van der Waals surface area contributed by atoms with Crippen molar-refractivity contribution in [3.8, 4) is 0 Å². The van der Waals surface area contributed by atoms with Crippen LogP contribution in [0.25, 0.3) is 5.65 Å². The summed E-state index contributed by atoms with van der Waals surface area (Å²) in [6.07, 6.45) is 2.32. The second kappa shape index (κ2) is 7.19. The maximum Gasteiger partial charge on any atom is 0.376 e. The number of pyridine rings is 1. The zero-order valence-corrected chi connectivity index (χ0v) is 13.6. The van der Waals surface area contributed by atoms with Crippen LogP contribution in [0.3, 0.4) is 0 Å². The number of hydrogen-bond donors (Lipinski definition) is 0. The van der Waals surface area contributed by atoms with Crippen LogP contribution in [0.1, 0.15) is 13.3 Å². The van der Waals surface area contributed by atoms with E-state index < -0.39 is 16.2 Å². The molecule has 0 radical (unpaired) electrons. The molecule has 0 aliphatic rings. The SMILES string of the molecule is CCN(CCCN(C)C)c1nc2ccccn2c(=O)c1[N+](=O)[O-]. The van der Waals surface area contributed by atoms with E-state index in [2.05, 4.69) is 4.98 Å². The molecule has 8 nitrogen and oxygen atoms in total. The Morgan fingerprint density at radius 3 is 2.65 bits per heavy atom. The molecule has 8 heteroatoms. The lowest BCUT2D eigenvalue weighted by Crippen LogP contribution is -2.31. The molecule has 0 unspecified atom stereocenters. The number of nitrogens with zero attached hydrogens (tertiary/aromatic N) is 5. The largest absolute Gasteiger partial charge is 0.376 e.